The Labute approximate surface area is 435 Å². The lowest BCUT2D eigenvalue weighted by Crippen LogP contribution is -2.61. The summed E-state index contributed by atoms with van der Waals surface area (Å²) in [5, 5.41) is 2.70. The summed E-state index contributed by atoms with van der Waals surface area (Å²) in [4.78, 5) is 5.45. The van der Waals surface area contributed by atoms with Gasteiger partial charge >= 0.3 is 0 Å². The van der Waals surface area contributed by atoms with Gasteiger partial charge in [0.15, 0.2) is 0 Å². The Morgan fingerprint density at radius 1 is 0.458 bits per heavy atom. The monoisotopic (exact) mass is 961 g/mol. The zero-order valence-corrected chi connectivity index (χ0v) is 46.8. The Kier molecular flexibility index (Phi) is 9.23. The lowest BCUT2D eigenvalue weighted by Gasteiger charge is -2.46. The predicted octanol–water partition coefficient (Wildman–Crippen LogP) is 17.3. The largest absolute Gasteiger partial charge is 0.311 e. The standard InChI is InChI=1S/C68H73BN2S/c1-39-28-46-49(67(13,14)37-64(46,7)8)34-54(39)71-53-27-24-40(43-21-19-23-59-60(43)44-20-17-18-22-58(44)72-59)29-51(53)69-52-33-48-50(68(15,16)38-66(48,11)12)35-55(52)70(56-30-41(62(2,3)4)31-57(71)61(56)69)42-25-26-45-47(32-42)65(9,10)36-63(45,5)6/h17-35H,36-38H2,1-16H3. The van der Waals surface area contributed by atoms with Gasteiger partial charge in [0.25, 0.3) is 6.71 Å². The van der Waals surface area contributed by atoms with Gasteiger partial charge in [-0.2, -0.15) is 0 Å². The molecule has 3 aliphatic carbocycles. The van der Waals surface area contributed by atoms with Gasteiger partial charge in [-0.3, -0.25) is 0 Å². The smallest absolute Gasteiger partial charge is 0.252 e. The van der Waals surface area contributed by atoms with Crippen molar-refractivity contribution in [3.8, 4) is 11.1 Å². The second-order valence-electron chi connectivity index (χ2n) is 28.0. The van der Waals surface area contributed by atoms with Crippen molar-refractivity contribution in [1.29, 1.82) is 0 Å². The van der Waals surface area contributed by atoms with Gasteiger partial charge in [0.1, 0.15) is 0 Å². The molecule has 2 aliphatic heterocycles. The van der Waals surface area contributed by atoms with Crippen LogP contribution in [0.3, 0.4) is 0 Å². The fourth-order valence-electron chi connectivity index (χ4n) is 16.1. The van der Waals surface area contributed by atoms with Crippen LogP contribution >= 0.6 is 11.3 Å². The van der Waals surface area contributed by atoms with Crippen LogP contribution in [0.4, 0.5) is 34.1 Å². The molecule has 8 aromatic rings. The fraction of sp³-hybridized carbons (Fsp3) is 0.382. The minimum Gasteiger partial charge on any atom is -0.311 e. The van der Waals surface area contributed by atoms with Crippen LogP contribution in [0.15, 0.2) is 115 Å². The molecule has 364 valence electrons. The molecule has 0 saturated carbocycles. The van der Waals surface area contributed by atoms with E-state index >= 15 is 0 Å². The number of fused-ring (bicyclic) bond motifs is 10. The molecule has 72 heavy (non-hydrogen) atoms. The molecule has 2 nitrogen and oxygen atoms in total. The number of hydrogen-bond donors (Lipinski definition) is 0. The summed E-state index contributed by atoms with van der Waals surface area (Å²) in [7, 11) is 0. The van der Waals surface area contributed by atoms with Crippen LogP contribution in [0.1, 0.15) is 168 Å². The zero-order chi connectivity index (χ0) is 50.8. The highest BCUT2D eigenvalue weighted by Crippen LogP contribution is 2.57. The summed E-state index contributed by atoms with van der Waals surface area (Å²) in [6.07, 6.45) is 3.39. The van der Waals surface area contributed by atoms with E-state index < -0.39 is 0 Å². The van der Waals surface area contributed by atoms with Gasteiger partial charge in [-0.15, -0.1) is 11.3 Å². The van der Waals surface area contributed by atoms with E-state index in [1.165, 1.54) is 126 Å². The molecule has 0 bridgehead atoms. The van der Waals surface area contributed by atoms with E-state index in [4.69, 9.17) is 0 Å². The molecule has 0 saturated heterocycles. The van der Waals surface area contributed by atoms with Crippen molar-refractivity contribution < 1.29 is 0 Å². The number of benzene rings is 7. The molecule has 0 fully saturated rings. The third-order valence-electron chi connectivity index (χ3n) is 18.6. The number of rotatable bonds is 3. The first-order valence-electron chi connectivity index (χ1n) is 27.0. The Bertz CT molecular complexity index is 3700. The van der Waals surface area contributed by atoms with E-state index in [2.05, 4.69) is 236 Å². The number of thiophene rings is 1. The summed E-state index contributed by atoms with van der Waals surface area (Å²) >= 11 is 1.91. The van der Waals surface area contributed by atoms with Crippen LogP contribution < -0.4 is 26.2 Å². The Morgan fingerprint density at radius 3 is 1.65 bits per heavy atom. The minimum absolute atomic E-state index is 0.000359. The number of aryl methyl sites for hydroxylation is 1. The van der Waals surface area contributed by atoms with Crippen molar-refractivity contribution in [1.82, 2.24) is 0 Å². The van der Waals surface area contributed by atoms with Crippen LogP contribution in [0, 0.1) is 6.92 Å². The van der Waals surface area contributed by atoms with Crippen LogP contribution in [0.2, 0.25) is 0 Å². The van der Waals surface area contributed by atoms with Gasteiger partial charge < -0.3 is 9.80 Å². The zero-order valence-electron chi connectivity index (χ0n) is 46.0. The Morgan fingerprint density at radius 2 is 1.00 bits per heavy atom. The fourth-order valence-corrected chi connectivity index (χ4v) is 17.2. The van der Waals surface area contributed by atoms with Crippen molar-refractivity contribution in [2.24, 2.45) is 0 Å². The van der Waals surface area contributed by atoms with Gasteiger partial charge in [0, 0.05) is 54.3 Å². The lowest BCUT2D eigenvalue weighted by atomic mass is 9.33. The summed E-state index contributed by atoms with van der Waals surface area (Å²) in [6, 6.07) is 46.8. The molecule has 0 spiro atoms. The maximum absolute atomic E-state index is 2.73. The molecular formula is C68H73BN2S. The molecule has 0 N–H and O–H groups in total. The number of nitrogens with zero attached hydrogens (tertiary/aromatic N) is 2. The Hall–Kier alpha value is -5.58. The van der Waals surface area contributed by atoms with Crippen LogP contribution in [0.25, 0.3) is 31.3 Å². The lowest BCUT2D eigenvalue weighted by molar-refractivity contribution is 0.402. The minimum atomic E-state index is -0.113. The molecule has 0 amide bonds. The highest BCUT2D eigenvalue weighted by atomic mass is 32.1. The third kappa shape index (κ3) is 6.39. The second kappa shape index (κ2) is 14.4. The Balaban J connectivity index is 1.17. The van der Waals surface area contributed by atoms with Gasteiger partial charge in [-0.25, -0.2) is 0 Å². The van der Waals surface area contributed by atoms with Gasteiger partial charge in [-0.1, -0.05) is 165 Å². The van der Waals surface area contributed by atoms with Gasteiger partial charge in [0.05, 0.1) is 0 Å². The molecule has 0 atom stereocenters. The molecule has 13 rings (SSSR count). The van der Waals surface area contributed by atoms with Crippen LogP contribution in [-0.4, -0.2) is 6.71 Å². The highest BCUT2D eigenvalue weighted by Gasteiger charge is 2.50. The normalized spacial score (nSPS) is 19.8. The topological polar surface area (TPSA) is 6.48 Å². The van der Waals surface area contributed by atoms with E-state index in [9.17, 15) is 0 Å². The van der Waals surface area contributed by atoms with Crippen molar-refractivity contribution in [2.45, 2.75) is 168 Å². The average molecular weight is 961 g/mol. The van der Waals surface area contributed by atoms with Gasteiger partial charge in [-0.05, 0) is 191 Å². The highest BCUT2D eigenvalue weighted by molar-refractivity contribution is 7.26. The van der Waals surface area contributed by atoms with Crippen molar-refractivity contribution in [3.05, 3.63) is 160 Å². The molecule has 4 heteroatoms. The number of hydrogen-bond acceptors (Lipinski definition) is 3. The van der Waals surface area contributed by atoms with E-state index in [1.807, 2.05) is 11.3 Å². The molecule has 3 heterocycles. The first-order valence-corrected chi connectivity index (χ1v) is 27.8. The summed E-state index contributed by atoms with van der Waals surface area (Å²) in [5.74, 6) is 0. The van der Waals surface area contributed by atoms with E-state index in [0.29, 0.717) is 0 Å². The molecule has 0 unspecified atom stereocenters. The van der Waals surface area contributed by atoms with Gasteiger partial charge in [0.2, 0.25) is 0 Å². The second-order valence-corrected chi connectivity index (χ2v) is 29.1. The predicted molar refractivity (Wildman–Crippen MR) is 314 cm³/mol. The van der Waals surface area contributed by atoms with Crippen molar-refractivity contribution in [3.63, 3.8) is 0 Å². The van der Waals surface area contributed by atoms with Crippen molar-refractivity contribution in [2.75, 3.05) is 9.80 Å². The molecule has 0 radical (unpaired) electrons. The summed E-state index contributed by atoms with van der Waals surface area (Å²) in [6.45, 7) is 39.2. The van der Waals surface area contributed by atoms with Crippen LogP contribution in [0.5, 0.6) is 0 Å². The molecule has 7 aromatic carbocycles. The van der Waals surface area contributed by atoms with E-state index in [0.717, 1.165) is 19.3 Å². The maximum atomic E-state index is 2.73. The van der Waals surface area contributed by atoms with Crippen molar-refractivity contribution >= 4 is 88.7 Å². The third-order valence-corrected chi connectivity index (χ3v) is 19.8. The first-order chi connectivity index (χ1) is 33.7. The average Bonchev–Trinajstić information content (AvgIpc) is 3.89. The maximum Gasteiger partial charge on any atom is 0.252 e. The van der Waals surface area contributed by atoms with Crippen LogP contribution in [-0.2, 0) is 37.9 Å². The molecule has 1 aromatic heterocycles. The summed E-state index contributed by atoms with van der Waals surface area (Å²) < 4.78 is 2.68. The molecule has 5 aliphatic rings. The molecular weight excluding hydrogens is 888 g/mol. The number of anilines is 6. The quantitative estimate of drug-likeness (QED) is 0.163. The summed E-state index contributed by atoms with van der Waals surface area (Å²) in [5.41, 5.74) is 26.5. The SMILES string of the molecule is Cc1cc2c(cc1N1c3ccc(-c4cccc5sc6ccccc6c45)cc3B3c4cc5c(cc4N(c4ccc6c(c4)C(C)(C)CC6(C)C)c4cc(C(C)(C)C)cc1c43)C(C)(C)CC5(C)C)C(C)(C)CC2(C)C. The van der Waals surface area contributed by atoms with E-state index in [-0.39, 0.29) is 44.6 Å². The first kappa shape index (κ1) is 46.2. The van der Waals surface area contributed by atoms with E-state index in [1.54, 1.807) is 0 Å².